The lowest BCUT2D eigenvalue weighted by Crippen LogP contribution is -2.11. The molecule has 14 rings (SSSR count). The molecular weight excluding hydrogens is 909 g/mol. The first-order chi connectivity index (χ1) is 37.2. The van der Waals surface area contributed by atoms with Gasteiger partial charge in [-0.3, -0.25) is 0 Å². The smallest absolute Gasteiger partial charge is 0.143 e. The van der Waals surface area contributed by atoms with Crippen molar-refractivity contribution in [1.29, 1.82) is 0 Å². The minimum atomic E-state index is 0.896. The third-order valence-corrected chi connectivity index (χ3v) is 14.9. The van der Waals surface area contributed by atoms with Gasteiger partial charge < -0.3 is 13.9 Å². The number of para-hydroxylation sites is 6. The second-order valence-electron chi connectivity index (χ2n) is 19.1. The van der Waals surface area contributed by atoms with Crippen LogP contribution >= 0.6 is 0 Å². The Bertz CT molecular complexity index is 4340. The number of anilines is 3. The van der Waals surface area contributed by atoms with E-state index in [9.17, 15) is 0 Å². The lowest BCUT2D eigenvalue weighted by Gasteiger charge is -2.28. The number of nitrogens with zero attached hydrogens (tertiary/aromatic N) is 2. The van der Waals surface area contributed by atoms with Gasteiger partial charge in [0.25, 0.3) is 0 Å². The van der Waals surface area contributed by atoms with Crippen LogP contribution in [0.4, 0.5) is 17.1 Å². The average Bonchev–Trinajstić information content (AvgIpc) is 4.08. The highest BCUT2D eigenvalue weighted by Crippen LogP contribution is 2.46. The van der Waals surface area contributed by atoms with Crippen molar-refractivity contribution < 1.29 is 4.42 Å². The van der Waals surface area contributed by atoms with Gasteiger partial charge in [-0.2, -0.15) is 0 Å². The topological polar surface area (TPSA) is 21.3 Å². The summed E-state index contributed by atoms with van der Waals surface area (Å²) in [5, 5.41) is 4.74. The first-order valence-electron chi connectivity index (χ1n) is 25.7. The van der Waals surface area contributed by atoms with Crippen molar-refractivity contribution in [1.82, 2.24) is 4.57 Å². The Kier molecular flexibility index (Phi) is 10.8. The number of hydrogen-bond acceptors (Lipinski definition) is 2. The summed E-state index contributed by atoms with van der Waals surface area (Å²) in [6.07, 6.45) is 0. The van der Waals surface area contributed by atoms with Crippen LogP contribution in [0.3, 0.4) is 0 Å². The summed E-state index contributed by atoms with van der Waals surface area (Å²) in [5.41, 5.74) is 22.3. The number of benzene rings is 12. The fourth-order valence-corrected chi connectivity index (χ4v) is 11.4. The molecule has 352 valence electrons. The molecular formula is C72H48N2O. The molecule has 0 unspecified atom stereocenters. The van der Waals surface area contributed by atoms with Crippen LogP contribution in [-0.4, -0.2) is 4.57 Å². The van der Waals surface area contributed by atoms with E-state index in [1.807, 2.05) is 12.1 Å². The molecule has 0 atom stereocenters. The Balaban J connectivity index is 0.877. The van der Waals surface area contributed by atoms with Crippen LogP contribution in [0.25, 0.3) is 116 Å². The van der Waals surface area contributed by atoms with Gasteiger partial charge in [-0.15, -0.1) is 0 Å². The van der Waals surface area contributed by atoms with E-state index in [-0.39, 0.29) is 0 Å². The summed E-state index contributed by atoms with van der Waals surface area (Å²) in [4.78, 5) is 2.40. The fourth-order valence-electron chi connectivity index (χ4n) is 11.4. The monoisotopic (exact) mass is 956 g/mol. The summed E-state index contributed by atoms with van der Waals surface area (Å²) < 4.78 is 8.99. The molecule has 0 fully saturated rings. The Morgan fingerprint density at radius 3 is 1.31 bits per heavy atom. The minimum absolute atomic E-state index is 0.896. The maximum atomic E-state index is 6.56. The zero-order valence-corrected chi connectivity index (χ0v) is 41.0. The van der Waals surface area contributed by atoms with E-state index in [4.69, 9.17) is 4.42 Å². The van der Waals surface area contributed by atoms with Gasteiger partial charge in [0.1, 0.15) is 11.2 Å². The maximum Gasteiger partial charge on any atom is 0.143 e. The maximum absolute atomic E-state index is 6.56. The molecule has 2 heterocycles. The minimum Gasteiger partial charge on any atom is -0.455 e. The summed E-state index contributed by atoms with van der Waals surface area (Å²) in [6.45, 7) is 0. The van der Waals surface area contributed by atoms with Crippen LogP contribution in [0.15, 0.2) is 296 Å². The van der Waals surface area contributed by atoms with E-state index in [0.717, 1.165) is 83.6 Å². The molecule has 0 aliphatic carbocycles. The molecule has 0 bridgehead atoms. The predicted molar refractivity (Wildman–Crippen MR) is 315 cm³/mol. The van der Waals surface area contributed by atoms with E-state index < -0.39 is 0 Å². The van der Waals surface area contributed by atoms with Crippen molar-refractivity contribution in [3.63, 3.8) is 0 Å². The first-order valence-corrected chi connectivity index (χ1v) is 25.7. The Morgan fingerprint density at radius 2 is 0.667 bits per heavy atom. The third-order valence-electron chi connectivity index (χ3n) is 14.9. The SMILES string of the molecule is c1ccc(-c2ccc(-c3ccccc3N(c3ccc(-c4ccccc4-c4ccccc4-n4c5ccccc5c5ccccc54)cc3)c3ccc(-c4ccccc4-c4cccc5c4oc4ccccc45)cc3)cc2)cc1. The van der Waals surface area contributed by atoms with Gasteiger partial charge in [0, 0.05) is 49.6 Å². The molecule has 0 amide bonds. The van der Waals surface area contributed by atoms with Gasteiger partial charge in [-0.1, -0.05) is 237 Å². The van der Waals surface area contributed by atoms with Crippen LogP contribution < -0.4 is 4.90 Å². The average molecular weight is 957 g/mol. The molecule has 12 aromatic carbocycles. The van der Waals surface area contributed by atoms with Gasteiger partial charge in [0.05, 0.1) is 22.4 Å². The van der Waals surface area contributed by atoms with Crippen molar-refractivity contribution in [3.05, 3.63) is 291 Å². The largest absolute Gasteiger partial charge is 0.455 e. The fraction of sp³-hybridized carbons (Fsp3) is 0. The quantitative estimate of drug-likeness (QED) is 0.136. The summed E-state index contributed by atoms with van der Waals surface area (Å²) in [5.74, 6) is 0. The van der Waals surface area contributed by atoms with Crippen LogP contribution in [-0.2, 0) is 0 Å². The number of furan rings is 1. The van der Waals surface area contributed by atoms with Gasteiger partial charge >= 0.3 is 0 Å². The van der Waals surface area contributed by atoms with E-state index in [2.05, 4.69) is 289 Å². The molecule has 0 aliphatic rings. The predicted octanol–water partition coefficient (Wildman–Crippen LogP) is 20.2. The van der Waals surface area contributed by atoms with Crippen LogP contribution in [0.5, 0.6) is 0 Å². The molecule has 0 spiro atoms. The van der Waals surface area contributed by atoms with Gasteiger partial charge in [0.15, 0.2) is 0 Å². The lowest BCUT2D eigenvalue weighted by molar-refractivity contribution is 0.670. The van der Waals surface area contributed by atoms with Crippen molar-refractivity contribution in [2.45, 2.75) is 0 Å². The standard InChI is InChI=1S/C72H48N2O/c1-2-19-49(20-3-1)50-37-39-53(40-38-50)58-23-8-13-32-67(58)73(55-47-43-52(44-48-55)57-22-5-7-25-60(57)65-30-18-31-66-64-29-12-17-36-71(64)75-72(65)66)54-45-41-51(42-46-54)56-21-4-6-24-59(56)61-26-9-14-33-68(61)74-69-34-15-10-27-62(69)63-28-11-16-35-70(63)74/h1-48H. The van der Waals surface area contributed by atoms with E-state index in [1.165, 1.54) is 49.6 Å². The van der Waals surface area contributed by atoms with Crippen molar-refractivity contribution in [2.75, 3.05) is 4.90 Å². The molecule has 0 N–H and O–H groups in total. The normalized spacial score (nSPS) is 11.5. The molecule has 0 aliphatic heterocycles. The second-order valence-corrected chi connectivity index (χ2v) is 19.1. The van der Waals surface area contributed by atoms with E-state index in [0.29, 0.717) is 0 Å². The van der Waals surface area contributed by atoms with Gasteiger partial charge in [0.2, 0.25) is 0 Å². The van der Waals surface area contributed by atoms with Gasteiger partial charge in [-0.05, 0) is 105 Å². The Hall–Kier alpha value is -9.96. The van der Waals surface area contributed by atoms with Crippen LogP contribution in [0.1, 0.15) is 0 Å². The highest BCUT2D eigenvalue weighted by atomic mass is 16.3. The van der Waals surface area contributed by atoms with Crippen molar-refractivity contribution in [2.24, 2.45) is 0 Å². The molecule has 2 aromatic heterocycles. The van der Waals surface area contributed by atoms with Gasteiger partial charge in [-0.25, -0.2) is 0 Å². The summed E-state index contributed by atoms with van der Waals surface area (Å²) >= 11 is 0. The van der Waals surface area contributed by atoms with Crippen molar-refractivity contribution >= 4 is 60.8 Å². The zero-order chi connectivity index (χ0) is 49.7. The molecule has 0 radical (unpaired) electrons. The first kappa shape index (κ1) is 43.8. The Labute approximate surface area is 436 Å². The molecule has 0 saturated carbocycles. The molecule has 3 heteroatoms. The van der Waals surface area contributed by atoms with Crippen molar-refractivity contribution in [3.8, 4) is 72.4 Å². The molecule has 3 nitrogen and oxygen atoms in total. The number of rotatable bonds is 10. The van der Waals surface area contributed by atoms with E-state index >= 15 is 0 Å². The number of aromatic nitrogens is 1. The lowest BCUT2D eigenvalue weighted by atomic mass is 9.93. The third kappa shape index (κ3) is 7.69. The zero-order valence-electron chi connectivity index (χ0n) is 41.0. The summed E-state index contributed by atoms with van der Waals surface area (Å²) in [7, 11) is 0. The molecule has 14 aromatic rings. The second kappa shape index (κ2) is 18.6. The molecule has 0 saturated heterocycles. The Morgan fingerprint density at radius 1 is 0.253 bits per heavy atom. The number of hydrogen-bond donors (Lipinski definition) is 0. The summed E-state index contributed by atoms with van der Waals surface area (Å²) in [6, 6.07) is 105. The van der Waals surface area contributed by atoms with Crippen LogP contribution in [0.2, 0.25) is 0 Å². The van der Waals surface area contributed by atoms with Crippen LogP contribution in [0, 0.1) is 0 Å². The number of fused-ring (bicyclic) bond motifs is 6. The highest BCUT2D eigenvalue weighted by Gasteiger charge is 2.21. The molecule has 75 heavy (non-hydrogen) atoms. The highest BCUT2D eigenvalue weighted by molar-refractivity contribution is 6.11. The van der Waals surface area contributed by atoms with E-state index in [1.54, 1.807) is 0 Å².